The third-order valence-electron chi connectivity index (χ3n) is 5.76. The van der Waals surface area contributed by atoms with Crippen LogP contribution in [0.25, 0.3) is 0 Å². The number of pyridine rings is 1. The molecule has 2 saturated heterocycles. The van der Waals surface area contributed by atoms with Crippen LogP contribution in [0.1, 0.15) is 37.7 Å². The zero-order chi connectivity index (χ0) is 18.1. The first-order chi connectivity index (χ1) is 12.5. The van der Waals surface area contributed by atoms with Crippen molar-refractivity contribution in [2.45, 2.75) is 56.5 Å². The highest BCUT2D eigenvalue weighted by molar-refractivity contribution is 5.86. The van der Waals surface area contributed by atoms with Gasteiger partial charge in [0.15, 0.2) is 5.67 Å². The highest BCUT2D eigenvalue weighted by Gasteiger charge is 2.51. The Balaban J connectivity index is 1.22. The molecule has 3 heterocycles. The maximum Gasteiger partial charge on any atom is 0.260 e. The van der Waals surface area contributed by atoms with Gasteiger partial charge in [0.25, 0.3) is 5.91 Å². The Morgan fingerprint density at radius 1 is 1.38 bits per heavy atom. The van der Waals surface area contributed by atoms with Crippen LogP contribution in [-0.2, 0) is 20.9 Å². The maximum atomic E-state index is 14.3. The van der Waals surface area contributed by atoms with Crippen molar-refractivity contribution in [3.63, 3.8) is 0 Å². The van der Waals surface area contributed by atoms with Crippen molar-refractivity contribution in [1.29, 1.82) is 0 Å². The normalized spacial score (nSPS) is 29.1. The second-order valence-corrected chi connectivity index (χ2v) is 7.66. The van der Waals surface area contributed by atoms with E-state index in [1.165, 1.54) is 0 Å². The molecular weight excluding hydrogens is 337 g/mol. The van der Waals surface area contributed by atoms with Gasteiger partial charge in [-0.25, -0.2) is 4.39 Å². The fourth-order valence-electron chi connectivity index (χ4n) is 4.13. The molecule has 3 atom stereocenters. The lowest BCUT2D eigenvalue weighted by Crippen LogP contribution is -2.50. The summed E-state index contributed by atoms with van der Waals surface area (Å²) in [6, 6.07) is 3.75. The van der Waals surface area contributed by atoms with Gasteiger partial charge in [-0.1, -0.05) is 6.07 Å². The molecule has 140 valence electrons. The molecule has 7 heteroatoms. The number of nitrogens with zero attached hydrogens (tertiary/aromatic N) is 2. The number of rotatable bonds is 5. The van der Waals surface area contributed by atoms with Crippen molar-refractivity contribution in [2.75, 3.05) is 13.1 Å². The molecule has 0 unspecified atom stereocenters. The highest BCUT2D eigenvalue weighted by atomic mass is 19.1. The topological polar surface area (TPSA) is 71.5 Å². The van der Waals surface area contributed by atoms with E-state index in [2.05, 4.69) is 10.3 Å². The zero-order valence-corrected chi connectivity index (χ0v) is 14.7. The van der Waals surface area contributed by atoms with Crippen LogP contribution in [-0.4, -0.2) is 52.7 Å². The third-order valence-corrected chi connectivity index (χ3v) is 5.76. The summed E-state index contributed by atoms with van der Waals surface area (Å²) >= 11 is 0. The predicted octanol–water partition coefficient (Wildman–Crippen LogP) is 1.60. The molecule has 26 heavy (non-hydrogen) atoms. The first kappa shape index (κ1) is 17.4. The van der Waals surface area contributed by atoms with E-state index >= 15 is 0 Å². The summed E-state index contributed by atoms with van der Waals surface area (Å²) in [6.45, 7) is 1.44. The molecule has 1 aromatic rings. The third kappa shape index (κ3) is 3.45. The van der Waals surface area contributed by atoms with Gasteiger partial charge in [-0.2, -0.15) is 0 Å². The predicted molar refractivity (Wildman–Crippen MR) is 91.7 cm³/mol. The van der Waals surface area contributed by atoms with Crippen LogP contribution in [0.15, 0.2) is 24.5 Å². The van der Waals surface area contributed by atoms with Crippen molar-refractivity contribution in [2.24, 2.45) is 5.92 Å². The van der Waals surface area contributed by atoms with Crippen LogP contribution in [0, 0.1) is 5.92 Å². The van der Waals surface area contributed by atoms with Gasteiger partial charge in [0.05, 0.1) is 18.6 Å². The van der Waals surface area contributed by atoms with Crippen LogP contribution in [0.3, 0.4) is 0 Å². The van der Waals surface area contributed by atoms with E-state index in [-0.39, 0.29) is 29.9 Å². The largest absolute Gasteiger partial charge is 0.372 e. The fourth-order valence-corrected chi connectivity index (χ4v) is 4.13. The van der Waals surface area contributed by atoms with E-state index in [1.807, 2.05) is 12.1 Å². The number of aromatic nitrogens is 1. The Labute approximate surface area is 152 Å². The van der Waals surface area contributed by atoms with Crippen molar-refractivity contribution < 1.29 is 18.7 Å². The van der Waals surface area contributed by atoms with Crippen LogP contribution >= 0.6 is 0 Å². The Morgan fingerprint density at radius 2 is 2.23 bits per heavy atom. The van der Waals surface area contributed by atoms with E-state index in [0.717, 1.165) is 18.4 Å². The second kappa shape index (κ2) is 6.95. The van der Waals surface area contributed by atoms with E-state index in [1.54, 1.807) is 17.3 Å². The summed E-state index contributed by atoms with van der Waals surface area (Å²) in [7, 11) is 0. The fraction of sp³-hybridized carbons (Fsp3) is 0.632. The first-order valence-corrected chi connectivity index (χ1v) is 9.33. The van der Waals surface area contributed by atoms with Crippen LogP contribution < -0.4 is 5.32 Å². The monoisotopic (exact) mass is 361 g/mol. The minimum absolute atomic E-state index is 0.0519. The number of halogens is 1. The number of carbonyl (C=O) groups excluding carboxylic acids is 2. The molecule has 2 aliphatic heterocycles. The summed E-state index contributed by atoms with van der Waals surface area (Å²) in [5.74, 6) is -0.213. The number of amides is 2. The first-order valence-electron chi connectivity index (χ1n) is 9.33. The number of fused-ring (bicyclic) bond motifs is 1. The smallest absolute Gasteiger partial charge is 0.260 e. The number of hydrogen-bond acceptors (Lipinski definition) is 4. The molecule has 0 spiro atoms. The summed E-state index contributed by atoms with van der Waals surface area (Å²) in [6.07, 6.45) is 5.76. The van der Waals surface area contributed by atoms with Crippen molar-refractivity contribution >= 4 is 11.8 Å². The van der Waals surface area contributed by atoms with E-state index in [0.29, 0.717) is 38.9 Å². The quantitative estimate of drug-likeness (QED) is 0.865. The highest BCUT2D eigenvalue weighted by Crippen LogP contribution is 2.41. The molecule has 3 fully saturated rings. The molecule has 1 saturated carbocycles. The molecule has 0 radical (unpaired) electrons. The van der Waals surface area contributed by atoms with Gasteiger partial charge in [0.2, 0.25) is 5.91 Å². The molecule has 0 aromatic carbocycles. The van der Waals surface area contributed by atoms with Crippen LogP contribution in [0.2, 0.25) is 0 Å². The number of hydrogen-bond donors (Lipinski definition) is 1. The summed E-state index contributed by atoms with van der Waals surface area (Å²) in [5, 5.41) is 2.88. The van der Waals surface area contributed by atoms with Crippen LogP contribution in [0.4, 0.5) is 4.39 Å². The molecule has 3 aliphatic rings. The number of likely N-dealkylation sites (tertiary alicyclic amines) is 1. The lowest BCUT2D eigenvalue weighted by molar-refractivity contribution is -0.149. The zero-order valence-electron chi connectivity index (χ0n) is 14.7. The molecule has 1 aliphatic carbocycles. The van der Waals surface area contributed by atoms with Crippen molar-refractivity contribution in [3.05, 3.63) is 30.1 Å². The van der Waals surface area contributed by atoms with Gasteiger partial charge in [0, 0.05) is 37.9 Å². The van der Waals surface area contributed by atoms with Gasteiger partial charge in [-0.15, -0.1) is 0 Å². The van der Waals surface area contributed by atoms with Gasteiger partial charge in [-0.05, 0) is 37.3 Å². The minimum Gasteiger partial charge on any atom is -0.372 e. The average molecular weight is 361 g/mol. The van der Waals surface area contributed by atoms with E-state index in [4.69, 9.17) is 4.74 Å². The average Bonchev–Trinajstić information content (AvgIpc) is 3.16. The summed E-state index contributed by atoms with van der Waals surface area (Å²) in [4.78, 5) is 30.0. The van der Waals surface area contributed by atoms with Crippen molar-refractivity contribution in [3.8, 4) is 0 Å². The second-order valence-electron chi connectivity index (χ2n) is 7.66. The molecule has 2 amide bonds. The van der Waals surface area contributed by atoms with E-state index < -0.39 is 5.67 Å². The molecule has 6 nitrogen and oxygen atoms in total. The standard InChI is InChI=1S/C19H24FN3O3/c20-19(4-2-5-19)18(25)23-11-14-7-15(26-16(14)12-23)8-17(24)22-10-13-3-1-6-21-9-13/h1,3,6,9,14-16H,2,4-5,7-8,10-12H2,(H,22,24)/t14-,15-,16+/m0/s1. The SMILES string of the molecule is O=C(C[C@@H]1C[C@H]2CN(C(=O)C3(F)CCC3)C[C@H]2O1)NCc1cccnc1. The molecular formula is C19H24FN3O3. The molecule has 1 aromatic heterocycles. The van der Waals surface area contributed by atoms with Gasteiger partial charge >= 0.3 is 0 Å². The van der Waals surface area contributed by atoms with Gasteiger partial charge < -0.3 is 15.0 Å². The Bertz CT molecular complexity index is 666. The number of alkyl halides is 1. The Kier molecular flexibility index (Phi) is 4.65. The van der Waals surface area contributed by atoms with Gasteiger partial charge in [0.1, 0.15) is 0 Å². The Hall–Kier alpha value is -2.02. The summed E-state index contributed by atoms with van der Waals surface area (Å²) in [5.41, 5.74) is -0.681. The molecule has 4 rings (SSSR count). The molecule has 0 bridgehead atoms. The maximum absolute atomic E-state index is 14.3. The lowest BCUT2D eigenvalue weighted by atomic mass is 9.81. The number of nitrogens with one attached hydrogen (secondary N) is 1. The summed E-state index contributed by atoms with van der Waals surface area (Å²) < 4.78 is 20.3. The van der Waals surface area contributed by atoms with E-state index in [9.17, 15) is 14.0 Å². The van der Waals surface area contributed by atoms with Crippen LogP contribution in [0.5, 0.6) is 0 Å². The molecule has 1 N–H and O–H groups in total. The number of ether oxygens (including phenoxy) is 1. The number of carbonyl (C=O) groups is 2. The lowest BCUT2D eigenvalue weighted by Gasteiger charge is -2.35. The minimum atomic E-state index is -1.63. The van der Waals surface area contributed by atoms with Gasteiger partial charge in [-0.3, -0.25) is 14.6 Å². The Morgan fingerprint density at radius 3 is 2.88 bits per heavy atom. The van der Waals surface area contributed by atoms with Crippen molar-refractivity contribution in [1.82, 2.24) is 15.2 Å².